The van der Waals surface area contributed by atoms with Crippen molar-refractivity contribution < 1.29 is 18.7 Å². The van der Waals surface area contributed by atoms with E-state index in [0.717, 1.165) is 5.56 Å². The molecule has 1 heterocycles. The SMILES string of the molecule is O=C(CC(=O)Oc1cc2oc(=O)ccc2cc1CBr)NCc1ccccc1. The molecule has 0 fully saturated rings. The van der Waals surface area contributed by atoms with Crippen LogP contribution in [0.4, 0.5) is 0 Å². The fourth-order valence-corrected chi connectivity index (χ4v) is 2.93. The summed E-state index contributed by atoms with van der Waals surface area (Å²) in [5.74, 6) is -0.883. The molecule has 0 atom stereocenters. The standard InChI is InChI=1S/C20H16BrNO5/c21-11-15-8-14-6-7-19(24)26-16(14)9-17(15)27-20(25)10-18(23)22-12-13-4-2-1-3-5-13/h1-9H,10-12H2,(H,22,23). The zero-order valence-electron chi connectivity index (χ0n) is 14.2. The molecule has 0 radical (unpaired) electrons. The second-order valence-electron chi connectivity index (χ2n) is 5.80. The summed E-state index contributed by atoms with van der Waals surface area (Å²) in [6.45, 7) is 0.334. The second kappa shape index (κ2) is 8.64. The van der Waals surface area contributed by atoms with E-state index in [1.807, 2.05) is 30.3 Å². The molecule has 0 unspecified atom stereocenters. The fourth-order valence-electron chi connectivity index (χ4n) is 2.49. The molecule has 0 aliphatic heterocycles. The van der Waals surface area contributed by atoms with E-state index >= 15 is 0 Å². The third kappa shape index (κ3) is 5.04. The number of carbonyl (C=O) groups excluding carboxylic acids is 2. The van der Waals surface area contributed by atoms with Gasteiger partial charge in [-0.25, -0.2) is 4.79 Å². The first-order valence-electron chi connectivity index (χ1n) is 8.19. The molecule has 7 heteroatoms. The van der Waals surface area contributed by atoms with Crippen LogP contribution in [-0.4, -0.2) is 11.9 Å². The van der Waals surface area contributed by atoms with Gasteiger partial charge in [0.05, 0.1) is 0 Å². The molecule has 0 aliphatic rings. The quantitative estimate of drug-likeness (QED) is 0.213. The molecule has 0 spiro atoms. The van der Waals surface area contributed by atoms with E-state index in [4.69, 9.17) is 9.15 Å². The molecule has 0 aliphatic carbocycles. The summed E-state index contributed by atoms with van der Waals surface area (Å²) in [6, 6.07) is 15.6. The minimum Gasteiger partial charge on any atom is -0.426 e. The number of hydrogen-bond donors (Lipinski definition) is 1. The highest BCUT2D eigenvalue weighted by atomic mass is 79.9. The van der Waals surface area contributed by atoms with E-state index in [2.05, 4.69) is 21.2 Å². The number of hydrogen-bond acceptors (Lipinski definition) is 5. The first-order valence-corrected chi connectivity index (χ1v) is 9.31. The molecule has 1 amide bonds. The average Bonchev–Trinajstić information content (AvgIpc) is 2.66. The van der Waals surface area contributed by atoms with E-state index in [1.165, 1.54) is 12.1 Å². The van der Waals surface area contributed by atoms with E-state index < -0.39 is 23.9 Å². The Hall–Kier alpha value is -2.93. The maximum absolute atomic E-state index is 12.1. The van der Waals surface area contributed by atoms with Crippen molar-refractivity contribution in [1.29, 1.82) is 0 Å². The number of ether oxygens (including phenoxy) is 1. The average molecular weight is 430 g/mol. The normalized spacial score (nSPS) is 10.6. The van der Waals surface area contributed by atoms with Gasteiger partial charge in [0.25, 0.3) is 0 Å². The van der Waals surface area contributed by atoms with Crippen LogP contribution in [-0.2, 0) is 21.5 Å². The Labute approximate surface area is 163 Å². The lowest BCUT2D eigenvalue weighted by atomic mass is 10.1. The minimum atomic E-state index is -0.694. The summed E-state index contributed by atoms with van der Waals surface area (Å²) in [4.78, 5) is 35.4. The molecule has 0 bridgehead atoms. The molecule has 6 nitrogen and oxygen atoms in total. The van der Waals surface area contributed by atoms with Crippen molar-refractivity contribution >= 4 is 38.8 Å². The Balaban J connectivity index is 1.66. The van der Waals surface area contributed by atoms with Crippen molar-refractivity contribution in [3.63, 3.8) is 0 Å². The molecule has 0 saturated heterocycles. The molecule has 3 rings (SSSR count). The fraction of sp³-hybridized carbons (Fsp3) is 0.150. The van der Waals surface area contributed by atoms with Crippen molar-refractivity contribution in [2.24, 2.45) is 0 Å². The van der Waals surface area contributed by atoms with Gasteiger partial charge in [-0.1, -0.05) is 46.3 Å². The summed E-state index contributed by atoms with van der Waals surface area (Å²) >= 11 is 3.34. The number of alkyl halides is 1. The number of benzene rings is 2. The number of esters is 1. The van der Waals surface area contributed by atoms with Gasteiger partial charge in [-0.2, -0.15) is 0 Å². The van der Waals surface area contributed by atoms with Gasteiger partial charge in [-0.05, 0) is 17.7 Å². The summed E-state index contributed by atoms with van der Waals surface area (Å²) in [5, 5.41) is 3.82. The largest absolute Gasteiger partial charge is 0.426 e. The monoisotopic (exact) mass is 429 g/mol. The number of halogens is 1. The summed E-state index contributed by atoms with van der Waals surface area (Å²) < 4.78 is 10.4. The molecule has 138 valence electrons. The molecule has 27 heavy (non-hydrogen) atoms. The number of fused-ring (bicyclic) bond motifs is 1. The molecular formula is C20H16BrNO5. The van der Waals surface area contributed by atoms with E-state index in [9.17, 15) is 14.4 Å². The van der Waals surface area contributed by atoms with Gasteiger partial charge in [0.2, 0.25) is 5.91 Å². The van der Waals surface area contributed by atoms with Crippen LogP contribution >= 0.6 is 15.9 Å². The third-order valence-electron chi connectivity index (χ3n) is 3.81. The first kappa shape index (κ1) is 18.8. The van der Waals surface area contributed by atoms with Crippen molar-refractivity contribution in [1.82, 2.24) is 5.32 Å². The molecule has 1 N–H and O–H groups in total. The van der Waals surface area contributed by atoms with Gasteiger partial charge >= 0.3 is 11.6 Å². The van der Waals surface area contributed by atoms with E-state index in [-0.39, 0.29) is 5.75 Å². The molecule has 0 saturated carbocycles. The van der Waals surface area contributed by atoms with Crippen LogP contribution in [0.3, 0.4) is 0 Å². The first-order chi connectivity index (χ1) is 13.0. The number of rotatable bonds is 6. The Morgan fingerprint density at radius 1 is 1.07 bits per heavy atom. The lowest BCUT2D eigenvalue weighted by Gasteiger charge is -2.10. The van der Waals surface area contributed by atoms with E-state index in [0.29, 0.717) is 28.4 Å². The number of nitrogens with one attached hydrogen (secondary N) is 1. The highest BCUT2D eigenvalue weighted by Crippen LogP contribution is 2.27. The summed E-state index contributed by atoms with van der Waals surface area (Å²) in [5.41, 5.74) is 1.45. The zero-order chi connectivity index (χ0) is 19.2. The van der Waals surface area contributed by atoms with Crippen molar-refractivity contribution in [2.75, 3.05) is 0 Å². The number of carbonyl (C=O) groups is 2. The van der Waals surface area contributed by atoms with Crippen LogP contribution in [0, 0.1) is 0 Å². The Morgan fingerprint density at radius 3 is 2.59 bits per heavy atom. The molecule has 1 aromatic heterocycles. The summed E-state index contributed by atoms with van der Waals surface area (Å²) in [6.07, 6.45) is -0.411. The van der Waals surface area contributed by atoms with Gasteiger partial charge < -0.3 is 14.5 Å². The highest BCUT2D eigenvalue weighted by Gasteiger charge is 2.15. The lowest BCUT2D eigenvalue weighted by molar-refractivity contribution is -0.138. The van der Waals surface area contributed by atoms with Crippen LogP contribution < -0.4 is 15.7 Å². The predicted octanol–water partition coefficient (Wildman–Crippen LogP) is 3.30. The van der Waals surface area contributed by atoms with E-state index in [1.54, 1.807) is 12.1 Å². The minimum absolute atomic E-state index is 0.245. The summed E-state index contributed by atoms with van der Waals surface area (Å²) in [7, 11) is 0. The van der Waals surface area contributed by atoms with Gasteiger partial charge in [0.1, 0.15) is 17.8 Å². The van der Waals surface area contributed by atoms with Gasteiger partial charge in [-0.3, -0.25) is 9.59 Å². The van der Waals surface area contributed by atoms with Crippen LogP contribution in [0.2, 0.25) is 0 Å². The predicted molar refractivity (Wildman–Crippen MR) is 104 cm³/mol. The Kier molecular flexibility index (Phi) is 6.03. The molecule has 2 aromatic carbocycles. The highest BCUT2D eigenvalue weighted by molar-refractivity contribution is 9.08. The second-order valence-corrected chi connectivity index (χ2v) is 6.36. The van der Waals surface area contributed by atoms with Gasteiger partial charge in [0, 0.05) is 35.0 Å². The molecular weight excluding hydrogens is 414 g/mol. The zero-order valence-corrected chi connectivity index (χ0v) is 15.8. The smallest absolute Gasteiger partial charge is 0.336 e. The van der Waals surface area contributed by atoms with Crippen molar-refractivity contribution in [3.8, 4) is 5.75 Å². The maximum Gasteiger partial charge on any atom is 0.336 e. The lowest BCUT2D eigenvalue weighted by Crippen LogP contribution is -2.27. The van der Waals surface area contributed by atoms with Crippen LogP contribution in [0.5, 0.6) is 5.75 Å². The van der Waals surface area contributed by atoms with Crippen molar-refractivity contribution in [2.45, 2.75) is 18.3 Å². The molecule has 3 aromatic rings. The van der Waals surface area contributed by atoms with Gasteiger partial charge in [-0.15, -0.1) is 0 Å². The maximum atomic E-state index is 12.1. The van der Waals surface area contributed by atoms with Crippen LogP contribution in [0.25, 0.3) is 11.0 Å². The number of amides is 1. The van der Waals surface area contributed by atoms with Crippen molar-refractivity contribution in [3.05, 3.63) is 76.1 Å². The third-order valence-corrected chi connectivity index (χ3v) is 4.41. The Bertz CT molecular complexity index is 1030. The van der Waals surface area contributed by atoms with Crippen LogP contribution in [0.1, 0.15) is 17.5 Å². The topological polar surface area (TPSA) is 85.6 Å². The van der Waals surface area contributed by atoms with Gasteiger partial charge in [0.15, 0.2) is 0 Å². The Morgan fingerprint density at radius 2 is 1.85 bits per heavy atom. The van der Waals surface area contributed by atoms with Crippen LogP contribution in [0.15, 0.2) is 63.8 Å².